The smallest absolute Gasteiger partial charge is 0.247 e. The molecule has 0 spiro atoms. The van der Waals surface area contributed by atoms with Crippen LogP contribution in [-0.4, -0.2) is 32.6 Å². The van der Waals surface area contributed by atoms with E-state index in [4.69, 9.17) is 4.42 Å². The zero-order chi connectivity index (χ0) is 15.0. The largest absolute Gasteiger partial charge is 0.464 e. The Morgan fingerprint density at radius 1 is 1.57 bits per heavy atom. The predicted molar refractivity (Wildman–Crippen MR) is 76.4 cm³/mol. The molecule has 2 aromatic heterocycles. The zero-order valence-electron chi connectivity index (χ0n) is 12.6. The van der Waals surface area contributed by atoms with E-state index in [1.165, 1.54) is 12.7 Å². The number of furan rings is 1. The summed E-state index contributed by atoms with van der Waals surface area (Å²) >= 11 is 0. The van der Waals surface area contributed by atoms with Crippen LogP contribution >= 0.6 is 0 Å². The SMILES string of the molecule is C[C@@H]1C[C@H]1c1ccc(CN(C)C(=O)[C@H](C)n2cncn2)o1. The molecular weight excluding hydrogens is 268 g/mol. The second kappa shape index (κ2) is 5.35. The highest BCUT2D eigenvalue weighted by Gasteiger charge is 2.36. The minimum absolute atomic E-state index is 0.0155. The fourth-order valence-corrected chi connectivity index (χ4v) is 2.56. The molecule has 2 aromatic rings. The first-order chi connectivity index (χ1) is 10.1. The van der Waals surface area contributed by atoms with Gasteiger partial charge in [-0.25, -0.2) is 9.67 Å². The van der Waals surface area contributed by atoms with Crippen LogP contribution in [0.4, 0.5) is 0 Å². The highest BCUT2D eigenvalue weighted by atomic mass is 16.3. The molecule has 0 N–H and O–H groups in total. The Morgan fingerprint density at radius 2 is 2.33 bits per heavy atom. The maximum absolute atomic E-state index is 12.3. The molecule has 21 heavy (non-hydrogen) atoms. The lowest BCUT2D eigenvalue weighted by atomic mass is 10.2. The van der Waals surface area contributed by atoms with Gasteiger partial charge in [-0.15, -0.1) is 0 Å². The summed E-state index contributed by atoms with van der Waals surface area (Å²) in [6.07, 6.45) is 4.18. The molecule has 1 aliphatic carbocycles. The molecule has 0 bridgehead atoms. The summed E-state index contributed by atoms with van der Waals surface area (Å²) in [5.41, 5.74) is 0. The highest BCUT2D eigenvalue weighted by Crippen LogP contribution is 2.47. The van der Waals surface area contributed by atoms with Crippen molar-refractivity contribution in [3.8, 4) is 0 Å². The average Bonchev–Trinajstić information content (AvgIpc) is 2.92. The van der Waals surface area contributed by atoms with Crippen LogP contribution in [0.3, 0.4) is 0 Å². The second-order valence-electron chi connectivity index (χ2n) is 5.87. The monoisotopic (exact) mass is 288 g/mol. The molecule has 112 valence electrons. The first-order valence-corrected chi connectivity index (χ1v) is 7.24. The number of hydrogen-bond donors (Lipinski definition) is 0. The molecule has 0 aliphatic heterocycles. The van der Waals surface area contributed by atoms with E-state index in [9.17, 15) is 4.79 Å². The quantitative estimate of drug-likeness (QED) is 0.846. The van der Waals surface area contributed by atoms with E-state index >= 15 is 0 Å². The standard InChI is InChI=1S/C15H20N4O2/c1-10-6-13(10)14-5-4-12(21-14)7-18(3)15(20)11(2)19-9-16-8-17-19/h4-5,8-11,13H,6-7H2,1-3H3/t10-,11+,13-/m1/s1. The van der Waals surface area contributed by atoms with Crippen LogP contribution < -0.4 is 0 Å². The van der Waals surface area contributed by atoms with Crippen molar-refractivity contribution < 1.29 is 9.21 Å². The van der Waals surface area contributed by atoms with Crippen molar-refractivity contribution in [3.05, 3.63) is 36.3 Å². The van der Waals surface area contributed by atoms with Crippen molar-refractivity contribution >= 4 is 5.91 Å². The summed E-state index contributed by atoms with van der Waals surface area (Å²) in [5, 5.41) is 4.01. The number of carbonyl (C=O) groups excluding carboxylic acids is 1. The zero-order valence-corrected chi connectivity index (χ0v) is 12.6. The number of nitrogens with zero attached hydrogens (tertiary/aromatic N) is 4. The van der Waals surface area contributed by atoms with E-state index in [0.717, 1.165) is 17.4 Å². The van der Waals surface area contributed by atoms with Gasteiger partial charge >= 0.3 is 0 Å². The van der Waals surface area contributed by atoms with Crippen LogP contribution in [0.5, 0.6) is 0 Å². The number of carbonyl (C=O) groups is 1. The molecule has 0 radical (unpaired) electrons. The van der Waals surface area contributed by atoms with E-state index in [2.05, 4.69) is 17.0 Å². The van der Waals surface area contributed by atoms with E-state index in [-0.39, 0.29) is 11.9 Å². The third kappa shape index (κ3) is 2.84. The molecule has 0 aromatic carbocycles. The molecule has 0 saturated heterocycles. The average molecular weight is 288 g/mol. The van der Waals surface area contributed by atoms with Gasteiger partial charge in [0.2, 0.25) is 5.91 Å². The number of rotatable bonds is 5. The molecule has 0 unspecified atom stereocenters. The Hall–Kier alpha value is -2.11. The van der Waals surface area contributed by atoms with Crippen molar-refractivity contribution in [2.75, 3.05) is 7.05 Å². The van der Waals surface area contributed by atoms with Gasteiger partial charge in [-0.2, -0.15) is 5.10 Å². The maximum Gasteiger partial charge on any atom is 0.247 e. The fourth-order valence-electron chi connectivity index (χ4n) is 2.56. The van der Waals surface area contributed by atoms with Crippen molar-refractivity contribution in [1.29, 1.82) is 0 Å². The fraction of sp³-hybridized carbons (Fsp3) is 0.533. The predicted octanol–water partition coefficient (Wildman–Crippen LogP) is 2.21. The summed E-state index contributed by atoms with van der Waals surface area (Å²) in [7, 11) is 1.78. The molecule has 3 rings (SSSR count). The second-order valence-corrected chi connectivity index (χ2v) is 5.87. The van der Waals surface area contributed by atoms with Crippen molar-refractivity contribution in [3.63, 3.8) is 0 Å². The molecular formula is C15H20N4O2. The number of aromatic nitrogens is 3. The Kier molecular flexibility index (Phi) is 3.53. The summed E-state index contributed by atoms with van der Waals surface area (Å²) < 4.78 is 7.39. The molecule has 2 heterocycles. The third-order valence-electron chi connectivity index (χ3n) is 4.12. The topological polar surface area (TPSA) is 64.2 Å². The van der Waals surface area contributed by atoms with Crippen molar-refractivity contribution in [2.45, 2.75) is 38.8 Å². The lowest BCUT2D eigenvalue weighted by molar-refractivity contribution is -0.134. The van der Waals surface area contributed by atoms with Crippen LogP contribution in [0.15, 0.2) is 29.2 Å². The number of hydrogen-bond acceptors (Lipinski definition) is 4. The first kappa shape index (κ1) is 13.9. The lowest BCUT2D eigenvalue weighted by Crippen LogP contribution is -2.32. The molecule has 1 fully saturated rings. The lowest BCUT2D eigenvalue weighted by Gasteiger charge is -2.20. The van der Waals surface area contributed by atoms with Crippen LogP contribution in [0.2, 0.25) is 0 Å². The first-order valence-electron chi connectivity index (χ1n) is 7.24. The van der Waals surface area contributed by atoms with Crippen LogP contribution in [0.1, 0.15) is 43.7 Å². The number of likely N-dealkylation sites (N-methyl/N-ethyl adjacent to an activating group) is 1. The minimum atomic E-state index is -0.365. The van der Waals surface area contributed by atoms with E-state index in [1.54, 1.807) is 23.0 Å². The van der Waals surface area contributed by atoms with Gasteiger partial charge in [-0.3, -0.25) is 4.79 Å². The van der Waals surface area contributed by atoms with Gasteiger partial charge in [0.1, 0.15) is 30.2 Å². The van der Waals surface area contributed by atoms with Crippen LogP contribution in [-0.2, 0) is 11.3 Å². The Labute approximate surface area is 123 Å². The van der Waals surface area contributed by atoms with Crippen molar-refractivity contribution in [2.24, 2.45) is 5.92 Å². The Bertz CT molecular complexity index is 619. The van der Waals surface area contributed by atoms with E-state index < -0.39 is 0 Å². The van der Waals surface area contributed by atoms with Gasteiger partial charge in [-0.1, -0.05) is 6.92 Å². The molecule has 6 heteroatoms. The third-order valence-corrected chi connectivity index (χ3v) is 4.12. The summed E-state index contributed by atoms with van der Waals surface area (Å²) in [5.74, 6) is 3.14. The van der Waals surface area contributed by atoms with Crippen LogP contribution in [0, 0.1) is 5.92 Å². The van der Waals surface area contributed by atoms with Gasteiger partial charge in [0.15, 0.2) is 0 Å². The Balaban J connectivity index is 1.61. The number of amides is 1. The van der Waals surface area contributed by atoms with E-state index in [1.807, 2.05) is 19.1 Å². The normalized spacial score (nSPS) is 22.0. The van der Waals surface area contributed by atoms with Gasteiger partial charge in [0.25, 0.3) is 0 Å². The minimum Gasteiger partial charge on any atom is -0.464 e. The summed E-state index contributed by atoms with van der Waals surface area (Å²) in [6.45, 7) is 4.51. The summed E-state index contributed by atoms with van der Waals surface area (Å²) in [4.78, 5) is 17.9. The van der Waals surface area contributed by atoms with Crippen molar-refractivity contribution in [1.82, 2.24) is 19.7 Å². The molecule has 6 nitrogen and oxygen atoms in total. The molecule has 3 atom stereocenters. The molecule has 1 aliphatic rings. The van der Waals surface area contributed by atoms with Gasteiger partial charge in [-0.05, 0) is 31.4 Å². The maximum atomic E-state index is 12.3. The molecule has 1 amide bonds. The van der Waals surface area contributed by atoms with Gasteiger partial charge in [0, 0.05) is 13.0 Å². The van der Waals surface area contributed by atoms with Gasteiger partial charge < -0.3 is 9.32 Å². The van der Waals surface area contributed by atoms with E-state index in [0.29, 0.717) is 12.5 Å². The summed E-state index contributed by atoms with van der Waals surface area (Å²) in [6, 6.07) is 3.63. The molecule has 1 saturated carbocycles. The highest BCUT2D eigenvalue weighted by molar-refractivity contribution is 5.79. The van der Waals surface area contributed by atoms with Crippen LogP contribution in [0.25, 0.3) is 0 Å². The Morgan fingerprint density at radius 3 is 2.95 bits per heavy atom. The van der Waals surface area contributed by atoms with Gasteiger partial charge in [0.05, 0.1) is 6.54 Å².